The molecule has 0 aliphatic rings. The van der Waals surface area contributed by atoms with Crippen LogP contribution in [0.25, 0.3) is 5.65 Å². The minimum atomic E-state index is -3.74. The number of benzene rings is 1. The number of anilines is 1. The number of alkyl halides is 3. The lowest BCUT2D eigenvalue weighted by molar-refractivity contribution is 0.0868. The van der Waals surface area contributed by atoms with E-state index in [4.69, 9.17) is 11.6 Å². The smallest absolute Gasteiger partial charge is 0.364 e. The van der Waals surface area contributed by atoms with Crippen molar-refractivity contribution in [2.24, 2.45) is 0 Å². The Labute approximate surface area is 169 Å². The van der Waals surface area contributed by atoms with E-state index in [1.165, 1.54) is 19.9 Å². The normalized spacial score (nSPS) is 12.3. The van der Waals surface area contributed by atoms with Crippen molar-refractivity contribution < 1.29 is 27.1 Å². The second-order valence-electron chi connectivity index (χ2n) is 6.12. The highest BCUT2D eigenvalue weighted by Gasteiger charge is 2.32. The maximum atomic E-state index is 13.7. The van der Waals surface area contributed by atoms with Crippen molar-refractivity contribution >= 4 is 38.7 Å². The minimum absolute atomic E-state index is 0.0305. The molecule has 2 heterocycles. The van der Waals surface area contributed by atoms with E-state index in [1.54, 1.807) is 0 Å². The number of nitrogens with zero attached hydrogens (tertiary/aromatic N) is 3. The topological polar surface area (TPSA) is 114 Å². The van der Waals surface area contributed by atoms with Crippen LogP contribution in [-0.4, -0.2) is 39.8 Å². The van der Waals surface area contributed by atoms with Gasteiger partial charge in [0.15, 0.2) is 21.2 Å². The highest BCUT2D eigenvalue weighted by Crippen LogP contribution is 2.33. The summed E-state index contributed by atoms with van der Waals surface area (Å²) in [6.45, 7) is 2.94. The van der Waals surface area contributed by atoms with Gasteiger partial charge in [-0.05, 0) is 42.8 Å². The number of halogens is 3. The van der Waals surface area contributed by atoms with Gasteiger partial charge in [0.05, 0.1) is 16.3 Å². The van der Waals surface area contributed by atoms with E-state index >= 15 is 0 Å². The Kier molecular flexibility index (Phi) is 5.22. The number of hydrogen-bond donors (Lipinski definition) is 2. The Morgan fingerprint density at radius 1 is 1.31 bits per heavy atom. The second kappa shape index (κ2) is 7.23. The fraction of sp³-hybridized carbons (Fsp3) is 0.235. The van der Waals surface area contributed by atoms with Crippen LogP contribution < -0.4 is 5.32 Å². The Hall–Kier alpha value is -2.79. The van der Waals surface area contributed by atoms with Crippen LogP contribution in [0.2, 0.25) is 0 Å². The molecule has 1 aromatic carbocycles. The lowest BCUT2D eigenvalue weighted by Gasteiger charge is -2.10. The van der Waals surface area contributed by atoms with E-state index in [-0.39, 0.29) is 39.1 Å². The van der Waals surface area contributed by atoms with Crippen molar-refractivity contribution in [1.29, 1.82) is 0 Å². The van der Waals surface area contributed by atoms with Gasteiger partial charge in [0.25, 0.3) is 5.91 Å². The zero-order chi connectivity index (χ0) is 21.6. The molecule has 0 atom stereocenters. The lowest BCUT2D eigenvalue weighted by Crippen LogP contribution is -2.15. The molecule has 12 heteroatoms. The Morgan fingerprint density at radius 3 is 2.62 bits per heavy atom. The maximum Gasteiger partial charge on any atom is 0.364 e. The third-order valence-electron chi connectivity index (χ3n) is 4.03. The summed E-state index contributed by atoms with van der Waals surface area (Å²) in [6, 6.07) is 5.63. The number of amides is 1. The number of phenols is 1. The molecule has 0 unspecified atom stereocenters. The molecule has 0 radical (unpaired) electrons. The van der Waals surface area contributed by atoms with Gasteiger partial charge >= 0.3 is 5.38 Å². The third kappa shape index (κ3) is 4.15. The van der Waals surface area contributed by atoms with Gasteiger partial charge in [0, 0.05) is 11.8 Å². The largest absolute Gasteiger partial charge is 0.506 e. The van der Waals surface area contributed by atoms with Crippen LogP contribution in [0, 0.1) is 6.92 Å². The van der Waals surface area contributed by atoms with Crippen LogP contribution in [-0.2, 0) is 15.2 Å². The van der Waals surface area contributed by atoms with Gasteiger partial charge in [-0.1, -0.05) is 6.92 Å². The quantitative estimate of drug-likeness (QED) is 0.462. The summed E-state index contributed by atoms with van der Waals surface area (Å²) >= 11 is 5.11. The molecule has 0 spiro atoms. The molecule has 0 aliphatic heterocycles. The zero-order valence-corrected chi connectivity index (χ0v) is 16.7. The number of nitrogens with one attached hydrogen (secondary N) is 1. The molecule has 0 saturated heterocycles. The highest BCUT2D eigenvalue weighted by atomic mass is 35.5. The van der Waals surface area contributed by atoms with Gasteiger partial charge in [-0.2, -0.15) is 13.9 Å². The molecule has 0 aliphatic carbocycles. The van der Waals surface area contributed by atoms with Crippen molar-refractivity contribution in [2.45, 2.75) is 24.1 Å². The molecule has 1 amide bonds. The Morgan fingerprint density at radius 2 is 2.00 bits per heavy atom. The van der Waals surface area contributed by atoms with Crippen molar-refractivity contribution in [3.8, 4) is 5.75 Å². The molecule has 8 nitrogen and oxygen atoms in total. The molecule has 154 valence electrons. The maximum absolute atomic E-state index is 13.7. The number of aryl methyl sites for hydroxylation is 1. The van der Waals surface area contributed by atoms with E-state index in [0.717, 1.165) is 28.8 Å². The molecule has 3 rings (SSSR count). The fourth-order valence-electron chi connectivity index (χ4n) is 2.57. The monoisotopic (exact) mass is 444 g/mol. The summed E-state index contributed by atoms with van der Waals surface area (Å²) in [4.78, 5) is 16.5. The minimum Gasteiger partial charge on any atom is -0.506 e. The van der Waals surface area contributed by atoms with Gasteiger partial charge in [-0.25, -0.2) is 17.9 Å². The summed E-state index contributed by atoms with van der Waals surface area (Å²) in [7, 11) is -3.58. The predicted molar refractivity (Wildman–Crippen MR) is 101 cm³/mol. The standard InChI is InChI=1S/C17H15ClF2N4O4S/c1-3-29(27,28)10-4-5-13(25)11(7-10)22-16(26)12-8-15-21-9(2)6-14(17(18,19)20)24(15)23-12/h4-8,25H,3H2,1-2H3,(H,22,26). The number of fused-ring (bicyclic) bond motifs is 1. The lowest BCUT2D eigenvalue weighted by atomic mass is 10.2. The number of aromatic nitrogens is 3. The molecular formula is C17H15ClF2N4O4S. The summed E-state index contributed by atoms with van der Waals surface area (Å²) in [5.41, 5.74) is -0.909. The molecule has 0 bridgehead atoms. The van der Waals surface area contributed by atoms with Crippen molar-refractivity contribution in [3.63, 3.8) is 0 Å². The van der Waals surface area contributed by atoms with Crippen LogP contribution in [0.1, 0.15) is 28.8 Å². The Bertz CT molecular complexity index is 1220. The molecule has 29 heavy (non-hydrogen) atoms. The van der Waals surface area contributed by atoms with Crippen LogP contribution in [0.3, 0.4) is 0 Å². The van der Waals surface area contributed by atoms with Crippen molar-refractivity contribution in [3.05, 3.63) is 47.4 Å². The van der Waals surface area contributed by atoms with Crippen molar-refractivity contribution in [2.75, 3.05) is 11.1 Å². The molecule has 0 fully saturated rings. The number of carbonyl (C=O) groups is 1. The van der Waals surface area contributed by atoms with E-state index in [9.17, 15) is 27.1 Å². The van der Waals surface area contributed by atoms with Crippen LogP contribution >= 0.6 is 11.6 Å². The first-order valence-corrected chi connectivity index (χ1v) is 10.3. The van der Waals surface area contributed by atoms with E-state index in [0.29, 0.717) is 0 Å². The van der Waals surface area contributed by atoms with Crippen LogP contribution in [0.15, 0.2) is 35.2 Å². The predicted octanol–water partition coefficient (Wildman–Crippen LogP) is 3.08. The first kappa shape index (κ1) is 20.9. The fourth-order valence-corrected chi connectivity index (χ4v) is 3.62. The van der Waals surface area contributed by atoms with E-state index < -0.39 is 26.8 Å². The zero-order valence-electron chi connectivity index (χ0n) is 15.1. The summed E-state index contributed by atoms with van der Waals surface area (Å²) in [5.74, 6) is -1.41. The second-order valence-corrected chi connectivity index (χ2v) is 8.87. The summed E-state index contributed by atoms with van der Waals surface area (Å²) < 4.78 is 52.0. The number of sulfone groups is 1. The summed E-state index contributed by atoms with van der Waals surface area (Å²) in [6.07, 6.45) is 0. The number of rotatable bonds is 5. The third-order valence-corrected chi connectivity index (χ3v) is 5.96. The van der Waals surface area contributed by atoms with E-state index in [1.807, 2.05) is 0 Å². The first-order valence-electron chi connectivity index (χ1n) is 8.24. The Balaban J connectivity index is 2.00. The SMILES string of the molecule is CCS(=O)(=O)c1ccc(O)c(NC(=O)c2cc3nc(C)cc(C(F)(F)Cl)n3n2)c1. The molecule has 3 aromatic rings. The van der Waals surface area contributed by atoms with Crippen molar-refractivity contribution in [1.82, 2.24) is 14.6 Å². The van der Waals surface area contributed by atoms with Gasteiger partial charge in [0.2, 0.25) is 0 Å². The average molecular weight is 445 g/mol. The van der Waals surface area contributed by atoms with Crippen LogP contribution in [0.5, 0.6) is 5.75 Å². The molecule has 2 aromatic heterocycles. The molecule has 0 saturated carbocycles. The molecular weight excluding hydrogens is 430 g/mol. The van der Waals surface area contributed by atoms with Crippen LogP contribution in [0.4, 0.5) is 14.5 Å². The highest BCUT2D eigenvalue weighted by molar-refractivity contribution is 7.91. The molecule has 2 N–H and O–H groups in total. The number of phenolic OH excluding ortho intramolecular Hbond substituents is 1. The summed E-state index contributed by atoms with van der Waals surface area (Å²) in [5, 5.41) is 12.3. The number of aromatic hydroxyl groups is 1. The number of hydrogen-bond acceptors (Lipinski definition) is 6. The van der Waals surface area contributed by atoms with Gasteiger partial charge in [-0.15, -0.1) is 0 Å². The average Bonchev–Trinajstić information content (AvgIpc) is 3.05. The van der Waals surface area contributed by atoms with Gasteiger partial charge < -0.3 is 10.4 Å². The van der Waals surface area contributed by atoms with Gasteiger partial charge in [0.1, 0.15) is 11.4 Å². The van der Waals surface area contributed by atoms with E-state index in [2.05, 4.69) is 15.4 Å². The first-order chi connectivity index (χ1) is 13.4. The van der Waals surface area contributed by atoms with Gasteiger partial charge in [-0.3, -0.25) is 4.79 Å². The number of carbonyl (C=O) groups excluding carboxylic acids is 1.